The maximum Gasteiger partial charge on any atom is 0.331 e. The molecule has 5 rings (SSSR count). The highest BCUT2D eigenvalue weighted by atomic mass is 16.5. The van der Waals surface area contributed by atoms with Gasteiger partial charge < -0.3 is 9.84 Å². The van der Waals surface area contributed by atoms with Gasteiger partial charge in [0, 0.05) is 11.5 Å². The van der Waals surface area contributed by atoms with Crippen LogP contribution in [0.4, 0.5) is 0 Å². The van der Waals surface area contributed by atoms with Gasteiger partial charge in [0.25, 0.3) is 0 Å². The summed E-state index contributed by atoms with van der Waals surface area (Å²) >= 11 is 0. The van der Waals surface area contributed by atoms with Crippen molar-refractivity contribution in [1.29, 1.82) is 0 Å². The number of esters is 1. The minimum Gasteiger partial charge on any atom is -0.458 e. The zero-order valence-electron chi connectivity index (χ0n) is 16.4. The summed E-state index contributed by atoms with van der Waals surface area (Å²) in [7, 11) is 0. The first-order chi connectivity index (χ1) is 12.4. The topological polar surface area (TPSA) is 46.5 Å². The molecule has 1 aliphatic heterocycles. The minimum absolute atomic E-state index is 0.0914. The normalized spacial score (nSPS) is 53.3. The number of hydrogen-bond donors (Lipinski definition) is 1. The van der Waals surface area contributed by atoms with E-state index in [1.807, 2.05) is 0 Å². The van der Waals surface area contributed by atoms with Crippen molar-refractivity contribution in [2.24, 2.45) is 34.5 Å². The predicted octanol–water partition coefficient (Wildman–Crippen LogP) is 4.63. The first-order valence-corrected chi connectivity index (χ1v) is 11.0. The first kappa shape index (κ1) is 17.3. The van der Waals surface area contributed by atoms with Crippen LogP contribution in [-0.4, -0.2) is 23.3 Å². The fourth-order valence-corrected chi connectivity index (χ4v) is 8.45. The molecule has 4 aliphatic carbocycles. The second-order valence-corrected chi connectivity index (χ2v) is 10.5. The number of fused-ring (bicyclic) bond motifs is 5. The molecular weight excluding hydrogens is 324 g/mol. The summed E-state index contributed by atoms with van der Waals surface area (Å²) in [6, 6.07) is 0. The van der Waals surface area contributed by atoms with E-state index in [9.17, 15) is 9.90 Å². The summed E-state index contributed by atoms with van der Waals surface area (Å²) in [5.74, 6) is 2.14. The van der Waals surface area contributed by atoms with E-state index in [2.05, 4.69) is 13.8 Å². The summed E-state index contributed by atoms with van der Waals surface area (Å²) in [6.45, 7) is 5.32. The molecule has 0 spiro atoms. The molecule has 26 heavy (non-hydrogen) atoms. The van der Waals surface area contributed by atoms with Crippen LogP contribution in [0.15, 0.2) is 11.6 Å². The molecule has 3 nitrogen and oxygen atoms in total. The number of aliphatic hydroxyl groups is 1. The van der Waals surface area contributed by atoms with Gasteiger partial charge in [-0.1, -0.05) is 26.7 Å². The van der Waals surface area contributed by atoms with E-state index in [1.54, 1.807) is 6.08 Å². The summed E-state index contributed by atoms with van der Waals surface area (Å²) in [6.07, 6.45) is 14.1. The maximum absolute atomic E-state index is 12.1. The molecule has 0 aromatic carbocycles. The van der Waals surface area contributed by atoms with Crippen LogP contribution in [0.3, 0.4) is 0 Å². The van der Waals surface area contributed by atoms with Crippen LogP contribution in [0.1, 0.15) is 78.1 Å². The zero-order valence-corrected chi connectivity index (χ0v) is 16.4. The molecule has 0 amide bonds. The monoisotopic (exact) mass is 358 g/mol. The number of carbonyl (C=O) groups excluding carboxylic acids is 1. The average molecular weight is 359 g/mol. The van der Waals surface area contributed by atoms with Crippen LogP contribution < -0.4 is 0 Å². The van der Waals surface area contributed by atoms with Gasteiger partial charge in [-0.2, -0.15) is 0 Å². The van der Waals surface area contributed by atoms with E-state index < -0.39 is 5.60 Å². The molecule has 0 saturated heterocycles. The van der Waals surface area contributed by atoms with Crippen molar-refractivity contribution >= 4 is 5.97 Å². The summed E-state index contributed by atoms with van der Waals surface area (Å²) < 4.78 is 5.22. The van der Waals surface area contributed by atoms with Gasteiger partial charge in [0.2, 0.25) is 0 Å². The van der Waals surface area contributed by atoms with Gasteiger partial charge in [-0.15, -0.1) is 0 Å². The fourth-order valence-electron chi connectivity index (χ4n) is 8.45. The van der Waals surface area contributed by atoms with Gasteiger partial charge in [0.15, 0.2) is 0 Å². The Morgan fingerprint density at radius 1 is 1.00 bits per heavy atom. The van der Waals surface area contributed by atoms with Gasteiger partial charge >= 0.3 is 5.97 Å². The minimum atomic E-state index is -0.557. The smallest absolute Gasteiger partial charge is 0.331 e. The Hall–Kier alpha value is -0.830. The summed E-state index contributed by atoms with van der Waals surface area (Å²) in [5, 5.41) is 12.1. The van der Waals surface area contributed by atoms with Crippen LogP contribution in [0.2, 0.25) is 0 Å². The van der Waals surface area contributed by atoms with E-state index in [0.717, 1.165) is 30.8 Å². The molecule has 0 bridgehead atoms. The van der Waals surface area contributed by atoms with E-state index >= 15 is 0 Å². The lowest BCUT2D eigenvalue weighted by Gasteiger charge is -2.63. The highest BCUT2D eigenvalue weighted by Gasteiger charge is 2.67. The molecule has 0 aromatic heterocycles. The van der Waals surface area contributed by atoms with Gasteiger partial charge in [0.1, 0.15) is 6.61 Å². The standard InChI is InChI=1S/C23H34O3/c1-21-10-4-3-5-16(21)6-7-19-18(21)8-11-22(2)17(9-12-23(19,22)25)15-13-20(24)26-14-15/h13,16-19,25H,3-12,14H2,1-2H3/t16-,17+,18-,19+,21-,22+,23-/m0/s1. The Kier molecular flexibility index (Phi) is 3.72. The van der Waals surface area contributed by atoms with E-state index in [4.69, 9.17) is 4.74 Å². The third-order valence-electron chi connectivity index (χ3n) is 9.90. The Balaban J connectivity index is 1.48. The van der Waals surface area contributed by atoms with Crippen LogP contribution >= 0.6 is 0 Å². The van der Waals surface area contributed by atoms with E-state index in [-0.39, 0.29) is 11.4 Å². The van der Waals surface area contributed by atoms with E-state index in [0.29, 0.717) is 29.8 Å². The lowest BCUT2D eigenvalue weighted by molar-refractivity contribution is -0.203. The zero-order chi connectivity index (χ0) is 18.2. The van der Waals surface area contributed by atoms with Crippen molar-refractivity contribution in [2.75, 3.05) is 6.61 Å². The number of hydrogen-bond acceptors (Lipinski definition) is 3. The molecule has 5 aliphatic rings. The second-order valence-electron chi connectivity index (χ2n) is 10.5. The molecule has 1 heterocycles. The lowest BCUT2D eigenvalue weighted by Crippen LogP contribution is -2.61. The molecule has 144 valence electrons. The third kappa shape index (κ3) is 2.07. The molecule has 0 aromatic rings. The van der Waals surface area contributed by atoms with Crippen molar-refractivity contribution < 1.29 is 14.6 Å². The molecule has 1 N–H and O–H groups in total. The molecule has 4 saturated carbocycles. The van der Waals surface area contributed by atoms with Gasteiger partial charge in [-0.05, 0) is 86.0 Å². The predicted molar refractivity (Wildman–Crippen MR) is 100 cm³/mol. The summed E-state index contributed by atoms with van der Waals surface area (Å²) in [4.78, 5) is 11.6. The molecular formula is C23H34O3. The van der Waals surface area contributed by atoms with Crippen LogP contribution in [0, 0.1) is 34.5 Å². The van der Waals surface area contributed by atoms with Crippen molar-refractivity contribution in [2.45, 2.75) is 83.7 Å². The number of carbonyl (C=O) groups is 1. The molecule has 4 fully saturated rings. The van der Waals surface area contributed by atoms with Crippen LogP contribution in [0.5, 0.6) is 0 Å². The largest absolute Gasteiger partial charge is 0.458 e. The SMILES string of the molecule is C[C@]12CCCC[C@H]1CC[C@@H]1[C@@H]2CC[C@]2(C)[C@@H](C3=CC(=O)OC3)CC[C@]12O. The van der Waals surface area contributed by atoms with Crippen molar-refractivity contribution in [3.05, 3.63) is 11.6 Å². The first-order valence-electron chi connectivity index (χ1n) is 11.0. The highest BCUT2D eigenvalue weighted by molar-refractivity contribution is 5.85. The Labute approximate surface area is 157 Å². The van der Waals surface area contributed by atoms with Crippen molar-refractivity contribution in [1.82, 2.24) is 0 Å². The Morgan fingerprint density at radius 2 is 1.85 bits per heavy atom. The molecule has 7 atom stereocenters. The number of rotatable bonds is 1. The lowest BCUT2D eigenvalue weighted by atomic mass is 9.43. The quantitative estimate of drug-likeness (QED) is 0.695. The average Bonchev–Trinajstić information content (AvgIpc) is 3.15. The van der Waals surface area contributed by atoms with Gasteiger partial charge in [-0.25, -0.2) is 4.79 Å². The second kappa shape index (κ2) is 5.59. The third-order valence-corrected chi connectivity index (χ3v) is 9.90. The van der Waals surface area contributed by atoms with Gasteiger partial charge in [0.05, 0.1) is 5.60 Å². The van der Waals surface area contributed by atoms with Gasteiger partial charge in [-0.3, -0.25) is 0 Å². The number of ether oxygens (including phenoxy) is 1. The molecule has 3 heteroatoms. The fraction of sp³-hybridized carbons (Fsp3) is 0.870. The van der Waals surface area contributed by atoms with Crippen LogP contribution in [0.25, 0.3) is 0 Å². The Bertz CT molecular complexity index is 654. The van der Waals surface area contributed by atoms with Crippen molar-refractivity contribution in [3.8, 4) is 0 Å². The highest BCUT2D eigenvalue weighted by Crippen LogP contribution is 2.69. The molecule has 0 unspecified atom stereocenters. The maximum atomic E-state index is 12.1. The van der Waals surface area contributed by atoms with Crippen molar-refractivity contribution in [3.63, 3.8) is 0 Å². The Morgan fingerprint density at radius 3 is 2.62 bits per heavy atom. The number of cyclic esters (lactones) is 1. The molecule has 0 radical (unpaired) electrons. The van der Waals surface area contributed by atoms with E-state index in [1.165, 1.54) is 44.9 Å². The van der Waals surface area contributed by atoms with Crippen LogP contribution in [-0.2, 0) is 9.53 Å². The summed E-state index contributed by atoms with van der Waals surface area (Å²) in [5.41, 5.74) is 0.941.